The highest BCUT2D eigenvalue weighted by molar-refractivity contribution is 8.00. The lowest BCUT2D eigenvalue weighted by atomic mass is 10.1. The molecule has 0 bridgehead atoms. The van der Waals surface area contributed by atoms with Crippen LogP contribution in [0.25, 0.3) is 11.4 Å². The van der Waals surface area contributed by atoms with Gasteiger partial charge in [-0.25, -0.2) is 13.8 Å². The van der Waals surface area contributed by atoms with E-state index in [0.717, 1.165) is 35.0 Å². The molecule has 0 aliphatic carbocycles. The summed E-state index contributed by atoms with van der Waals surface area (Å²) in [5, 5.41) is 6.82. The van der Waals surface area contributed by atoms with E-state index in [2.05, 4.69) is 15.2 Å². The molecule has 0 amide bonds. The SMILES string of the molecule is Cc1ccc(-c2nc(S[C@H](C)C(=O)c3ccc(F)c(F)c3)n[nH]2)cc1. The van der Waals surface area contributed by atoms with Crippen LogP contribution in [-0.2, 0) is 0 Å². The number of rotatable bonds is 5. The Labute approximate surface area is 147 Å². The molecule has 1 heterocycles. The molecular formula is C18H15F2N3OS. The van der Waals surface area contributed by atoms with Crippen LogP contribution in [0, 0.1) is 18.6 Å². The number of Topliss-reactive ketones (excluding diaryl/α,β-unsaturated/α-hetero) is 1. The van der Waals surface area contributed by atoms with E-state index in [4.69, 9.17) is 0 Å². The number of carbonyl (C=O) groups excluding carboxylic acids is 1. The lowest BCUT2D eigenvalue weighted by molar-refractivity contribution is 0.0993. The van der Waals surface area contributed by atoms with Gasteiger partial charge in [0.25, 0.3) is 0 Å². The van der Waals surface area contributed by atoms with Gasteiger partial charge in [-0.3, -0.25) is 9.89 Å². The van der Waals surface area contributed by atoms with Gasteiger partial charge in [0.1, 0.15) is 0 Å². The molecule has 7 heteroatoms. The topological polar surface area (TPSA) is 58.6 Å². The number of aromatic nitrogens is 3. The number of thioether (sulfide) groups is 1. The van der Waals surface area contributed by atoms with Crippen LogP contribution in [0.3, 0.4) is 0 Å². The molecule has 0 aliphatic heterocycles. The van der Waals surface area contributed by atoms with Crippen LogP contribution in [0.5, 0.6) is 0 Å². The molecule has 0 unspecified atom stereocenters. The Morgan fingerprint density at radius 3 is 2.52 bits per heavy atom. The molecule has 4 nitrogen and oxygen atoms in total. The molecule has 0 fully saturated rings. The summed E-state index contributed by atoms with van der Waals surface area (Å²) in [6, 6.07) is 10.9. The third-order valence-corrected chi connectivity index (χ3v) is 4.61. The molecule has 3 rings (SSSR count). The average molecular weight is 359 g/mol. The number of ketones is 1. The molecule has 0 aliphatic rings. The zero-order valence-corrected chi connectivity index (χ0v) is 14.4. The fourth-order valence-corrected chi connectivity index (χ4v) is 3.04. The molecule has 2 aromatic carbocycles. The van der Waals surface area contributed by atoms with E-state index in [0.29, 0.717) is 11.0 Å². The van der Waals surface area contributed by atoms with Crippen LogP contribution in [-0.4, -0.2) is 26.2 Å². The number of benzene rings is 2. The quantitative estimate of drug-likeness (QED) is 0.541. The minimum Gasteiger partial charge on any atom is -0.293 e. The molecule has 1 atom stereocenters. The smallest absolute Gasteiger partial charge is 0.209 e. The summed E-state index contributed by atoms with van der Waals surface area (Å²) in [4.78, 5) is 16.7. The van der Waals surface area contributed by atoms with E-state index in [-0.39, 0.29) is 11.3 Å². The van der Waals surface area contributed by atoms with Crippen molar-refractivity contribution >= 4 is 17.5 Å². The van der Waals surface area contributed by atoms with Gasteiger partial charge in [0, 0.05) is 11.1 Å². The maximum Gasteiger partial charge on any atom is 0.209 e. The van der Waals surface area contributed by atoms with Gasteiger partial charge < -0.3 is 0 Å². The molecule has 25 heavy (non-hydrogen) atoms. The maximum atomic E-state index is 13.3. The van der Waals surface area contributed by atoms with Gasteiger partial charge in [-0.2, -0.15) is 0 Å². The summed E-state index contributed by atoms with van der Waals surface area (Å²) < 4.78 is 26.3. The first-order valence-corrected chi connectivity index (χ1v) is 8.47. The van der Waals surface area contributed by atoms with Gasteiger partial charge in [0.05, 0.1) is 5.25 Å². The van der Waals surface area contributed by atoms with Crippen molar-refractivity contribution in [3.63, 3.8) is 0 Å². The third kappa shape index (κ3) is 3.93. The van der Waals surface area contributed by atoms with Crippen molar-refractivity contribution in [1.29, 1.82) is 0 Å². The largest absolute Gasteiger partial charge is 0.293 e. The number of aromatic amines is 1. The Balaban J connectivity index is 1.72. The van der Waals surface area contributed by atoms with E-state index >= 15 is 0 Å². The number of aryl methyl sites for hydroxylation is 1. The first-order valence-electron chi connectivity index (χ1n) is 7.59. The Morgan fingerprint density at radius 1 is 1.12 bits per heavy atom. The minimum absolute atomic E-state index is 0.119. The highest BCUT2D eigenvalue weighted by atomic mass is 32.2. The lowest BCUT2D eigenvalue weighted by Crippen LogP contribution is -2.14. The van der Waals surface area contributed by atoms with E-state index < -0.39 is 16.9 Å². The van der Waals surface area contributed by atoms with Crippen molar-refractivity contribution in [1.82, 2.24) is 15.2 Å². The van der Waals surface area contributed by atoms with Crippen molar-refractivity contribution in [3.05, 3.63) is 65.2 Å². The molecule has 0 spiro atoms. The van der Waals surface area contributed by atoms with Gasteiger partial charge in [-0.1, -0.05) is 41.6 Å². The Bertz CT molecular complexity index is 909. The predicted molar refractivity (Wildman–Crippen MR) is 92.6 cm³/mol. The van der Waals surface area contributed by atoms with Crippen LogP contribution < -0.4 is 0 Å². The Kier molecular flexibility index (Phi) is 4.94. The van der Waals surface area contributed by atoms with Crippen molar-refractivity contribution in [3.8, 4) is 11.4 Å². The molecular weight excluding hydrogens is 344 g/mol. The van der Waals surface area contributed by atoms with Crippen LogP contribution in [0.15, 0.2) is 47.6 Å². The number of H-pyrrole nitrogens is 1. The highest BCUT2D eigenvalue weighted by Crippen LogP contribution is 2.25. The Hall–Kier alpha value is -2.54. The minimum atomic E-state index is -1.04. The number of hydrogen-bond acceptors (Lipinski definition) is 4. The van der Waals surface area contributed by atoms with Crippen molar-refractivity contribution in [2.45, 2.75) is 24.3 Å². The van der Waals surface area contributed by atoms with E-state index in [9.17, 15) is 13.6 Å². The summed E-state index contributed by atoms with van der Waals surface area (Å²) in [5.74, 6) is -1.73. The van der Waals surface area contributed by atoms with E-state index in [1.165, 1.54) is 6.07 Å². The molecule has 0 radical (unpaired) electrons. The standard InChI is InChI=1S/C18H15F2N3OS/c1-10-3-5-12(6-4-10)17-21-18(23-22-17)25-11(2)16(24)13-7-8-14(19)15(20)9-13/h3-9,11H,1-2H3,(H,21,22,23)/t11-/m1/s1. The monoisotopic (exact) mass is 359 g/mol. The van der Waals surface area contributed by atoms with Crippen LogP contribution in [0.1, 0.15) is 22.8 Å². The van der Waals surface area contributed by atoms with Gasteiger partial charge in [0.2, 0.25) is 5.16 Å². The second kappa shape index (κ2) is 7.14. The fourth-order valence-electron chi connectivity index (χ4n) is 2.24. The van der Waals surface area contributed by atoms with Crippen LogP contribution in [0.2, 0.25) is 0 Å². The molecule has 3 aromatic rings. The molecule has 0 saturated heterocycles. The first kappa shape index (κ1) is 17.3. The summed E-state index contributed by atoms with van der Waals surface area (Å²) in [7, 11) is 0. The normalized spacial score (nSPS) is 12.2. The van der Waals surface area contributed by atoms with Crippen LogP contribution in [0.4, 0.5) is 8.78 Å². The number of nitrogens with zero attached hydrogens (tertiary/aromatic N) is 2. The lowest BCUT2D eigenvalue weighted by Gasteiger charge is -2.08. The van der Waals surface area contributed by atoms with E-state index in [1.54, 1.807) is 6.92 Å². The number of hydrogen-bond donors (Lipinski definition) is 1. The summed E-state index contributed by atoms with van der Waals surface area (Å²) in [6.07, 6.45) is 0. The molecule has 128 valence electrons. The number of nitrogens with one attached hydrogen (secondary N) is 1. The predicted octanol–water partition coefficient (Wildman–Crippen LogP) is 4.42. The average Bonchev–Trinajstić information content (AvgIpc) is 3.05. The molecule has 0 saturated carbocycles. The summed E-state index contributed by atoms with van der Waals surface area (Å²) in [5.41, 5.74) is 2.15. The second-order valence-corrected chi connectivity index (χ2v) is 6.89. The zero-order chi connectivity index (χ0) is 18.0. The molecule has 1 N–H and O–H groups in total. The summed E-state index contributed by atoms with van der Waals surface area (Å²) >= 11 is 1.16. The fraction of sp³-hybridized carbons (Fsp3) is 0.167. The van der Waals surface area contributed by atoms with Crippen molar-refractivity contribution < 1.29 is 13.6 Å². The van der Waals surface area contributed by atoms with E-state index in [1.807, 2.05) is 31.2 Å². The van der Waals surface area contributed by atoms with Crippen molar-refractivity contribution in [2.75, 3.05) is 0 Å². The van der Waals surface area contributed by atoms with Gasteiger partial charge in [0.15, 0.2) is 23.2 Å². The maximum absolute atomic E-state index is 13.3. The van der Waals surface area contributed by atoms with Gasteiger partial charge in [-0.15, -0.1) is 5.10 Å². The Morgan fingerprint density at radius 2 is 1.84 bits per heavy atom. The zero-order valence-electron chi connectivity index (χ0n) is 13.6. The van der Waals surface area contributed by atoms with Crippen molar-refractivity contribution in [2.24, 2.45) is 0 Å². The third-order valence-electron chi connectivity index (χ3n) is 3.65. The van der Waals surface area contributed by atoms with Gasteiger partial charge >= 0.3 is 0 Å². The van der Waals surface area contributed by atoms with Gasteiger partial charge in [-0.05, 0) is 32.0 Å². The summed E-state index contributed by atoms with van der Waals surface area (Å²) in [6.45, 7) is 3.67. The van der Waals surface area contributed by atoms with Crippen LogP contribution >= 0.6 is 11.8 Å². The first-order chi connectivity index (χ1) is 11.9. The second-order valence-electron chi connectivity index (χ2n) is 5.59. The molecule has 1 aromatic heterocycles. The number of halogens is 2. The highest BCUT2D eigenvalue weighted by Gasteiger charge is 2.20. The number of carbonyl (C=O) groups is 1.